The fourth-order valence-electron chi connectivity index (χ4n) is 4.69. The third-order valence-electron chi connectivity index (χ3n) is 5.70. The highest BCUT2D eigenvalue weighted by molar-refractivity contribution is 5.84. The van der Waals surface area contributed by atoms with Crippen LogP contribution in [0.2, 0.25) is 0 Å². The number of hydrogen-bond donors (Lipinski definition) is 1. The van der Waals surface area contributed by atoms with Crippen LogP contribution in [0.5, 0.6) is 0 Å². The molecular formula is C16H28N2O. The highest BCUT2D eigenvalue weighted by Gasteiger charge is 2.45. The molecule has 1 N–H and O–H groups in total. The highest BCUT2D eigenvalue weighted by atomic mass is 16.2. The van der Waals surface area contributed by atoms with Crippen molar-refractivity contribution in [3.8, 4) is 0 Å². The van der Waals surface area contributed by atoms with Gasteiger partial charge in [0, 0.05) is 6.04 Å². The Kier molecular flexibility index (Phi) is 3.59. The Morgan fingerprint density at radius 2 is 2.05 bits per heavy atom. The van der Waals surface area contributed by atoms with Gasteiger partial charge in [0.05, 0.1) is 12.7 Å². The van der Waals surface area contributed by atoms with E-state index < -0.39 is 0 Å². The first-order chi connectivity index (χ1) is 9.06. The van der Waals surface area contributed by atoms with Crippen molar-refractivity contribution >= 4 is 5.91 Å². The third kappa shape index (κ3) is 2.42. The number of carbonyl (C=O) groups excluding carboxylic acids is 1. The van der Waals surface area contributed by atoms with Gasteiger partial charge >= 0.3 is 0 Å². The van der Waals surface area contributed by atoms with Crippen molar-refractivity contribution in [2.75, 3.05) is 6.67 Å². The molecule has 5 atom stereocenters. The van der Waals surface area contributed by atoms with Crippen LogP contribution in [0.3, 0.4) is 0 Å². The molecule has 0 aromatic carbocycles. The van der Waals surface area contributed by atoms with E-state index in [1.54, 1.807) is 0 Å². The van der Waals surface area contributed by atoms with Gasteiger partial charge in [0.1, 0.15) is 0 Å². The molecule has 0 aromatic rings. The van der Waals surface area contributed by atoms with Crippen molar-refractivity contribution in [2.45, 2.75) is 65.0 Å². The van der Waals surface area contributed by atoms with Crippen LogP contribution in [-0.4, -0.2) is 29.6 Å². The molecule has 3 heteroatoms. The first-order valence-electron chi connectivity index (χ1n) is 8.10. The number of nitrogens with zero attached hydrogens (tertiary/aromatic N) is 1. The van der Waals surface area contributed by atoms with Gasteiger partial charge in [-0.1, -0.05) is 20.3 Å². The normalized spacial score (nSPS) is 39.6. The highest BCUT2D eigenvalue weighted by Crippen LogP contribution is 2.50. The Morgan fingerprint density at radius 1 is 1.26 bits per heavy atom. The first kappa shape index (κ1) is 13.4. The van der Waals surface area contributed by atoms with Crippen molar-refractivity contribution in [1.82, 2.24) is 10.2 Å². The molecular weight excluding hydrogens is 236 g/mol. The van der Waals surface area contributed by atoms with E-state index in [4.69, 9.17) is 0 Å². The van der Waals surface area contributed by atoms with Crippen LogP contribution in [0.15, 0.2) is 0 Å². The summed E-state index contributed by atoms with van der Waals surface area (Å²) in [6.07, 6.45) is 6.61. The predicted octanol–water partition coefficient (Wildman–Crippen LogP) is 2.62. The molecule has 0 radical (unpaired) electrons. The fraction of sp³-hybridized carbons (Fsp3) is 0.938. The molecule has 1 amide bonds. The summed E-state index contributed by atoms with van der Waals surface area (Å²) in [5, 5.41) is 3.41. The molecule has 2 aliphatic carbocycles. The largest absolute Gasteiger partial charge is 0.326 e. The van der Waals surface area contributed by atoms with Gasteiger partial charge in [-0.3, -0.25) is 10.1 Å². The molecule has 19 heavy (non-hydrogen) atoms. The molecule has 3 aliphatic rings. The van der Waals surface area contributed by atoms with Crippen LogP contribution in [0.1, 0.15) is 52.9 Å². The number of amides is 1. The number of carbonyl (C=O) groups is 1. The summed E-state index contributed by atoms with van der Waals surface area (Å²) in [4.78, 5) is 14.6. The SMILES string of the molecule is CC(C)CC1NCN(C(C)C2CC3CCC2C3)C1=O. The Labute approximate surface area is 117 Å². The smallest absolute Gasteiger partial charge is 0.241 e. The van der Waals surface area contributed by atoms with Gasteiger partial charge in [0.25, 0.3) is 0 Å². The van der Waals surface area contributed by atoms with E-state index in [9.17, 15) is 4.79 Å². The molecule has 5 unspecified atom stereocenters. The maximum atomic E-state index is 12.5. The average Bonchev–Trinajstić information content (AvgIpc) is 3.05. The summed E-state index contributed by atoms with van der Waals surface area (Å²) in [7, 11) is 0. The van der Waals surface area contributed by atoms with Crippen molar-refractivity contribution in [2.24, 2.45) is 23.7 Å². The summed E-state index contributed by atoms with van der Waals surface area (Å²) >= 11 is 0. The van der Waals surface area contributed by atoms with E-state index in [2.05, 4.69) is 31.0 Å². The Bertz CT molecular complexity index is 355. The minimum absolute atomic E-state index is 0.0704. The minimum Gasteiger partial charge on any atom is -0.326 e. The molecule has 3 fully saturated rings. The molecule has 108 valence electrons. The standard InChI is InChI=1S/C16H28N2O/c1-10(2)6-15-16(19)18(9-17-15)11(3)14-8-12-4-5-13(14)7-12/h10-15,17H,4-9H2,1-3H3. The second-order valence-corrected chi connectivity index (χ2v) is 7.43. The number of hydrogen-bond acceptors (Lipinski definition) is 2. The van der Waals surface area contributed by atoms with Crippen molar-refractivity contribution in [1.29, 1.82) is 0 Å². The van der Waals surface area contributed by atoms with E-state index in [0.717, 1.165) is 30.8 Å². The fourth-order valence-corrected chi connectivity index (χ4v) is 4.69. The predicted molar refractivity (Wildman–Crippen MR) is 76.5 cm³/mol. The van der Waals surface area contributed by atoms with Crippen LogP contribution in [-0.2, 0) is 4.79 Å². The summed E-state index contributed by atoms with van der Waals surface area (Å²) in [6.45, 7) is 7.43. The maximum Gasteiger partial charge on any atom is 0.241 e. The summed E-state index contributed by atoms with van der Waals surface area (Å²) in [5.74, 6) is 3.57. The van der Waals surface area contributed by atoms with Gasteiger partial charge in [0.15, 0.2) is 0 Å². The maximum absolute atomic E-state index is 12.5. The number of fused-ring (bicyclic) bond motifs is 2. The molecule has 3 nitrogen and oxygen atoms in total. The lowest BCUT2D eigenvalue weighted by Crippen LogP contribution is -2.43. The van der Waals surface area contributed by atoms with Gasteiger partial charge in [-0.15, -0.1) is 0 Å². The molecule has 3 rings (SSSR count). The first-order valence-corrected chi connectivity index (χ1v) is 8.10. The van der Waals surface area contributed by atoms with Crippen molar-refractivity contribution in [3.63, 3.8) is 0 Å². The molecule has 1 saturated heterocycles. The Balaban J connectivity index is 1.62. The lowest BCUT2D eigenvalue weighted by molar-refractivity contribution is -0.132. The Hall–Kier alpha value is -0.570. The van der Waals surface area contributed by atoms with E-state index in [-0.39, 0.29) is 6.04 Å². The Morgan fingerprint density at radius 3 is 2.63 bits per heavy atom. The van der Waals surface area contributed by atoms with Crippen LogP contribution in [0.4, 0.5) is 0 Å². The molecule has 0 aromatic heterocycles. The lowest BCUT2D eigenvalue weighted by atomic mass is 9.83. The summed E-state index contributed by atoms with van der Waals surface area (Å²) < 4.78 is 0. The topological polar surface area (TPSA) is 32.3 Å². The molecule has 1 aliphatic heterocycles. The molecule has 0 spiro atoms. The van der Waals surface area contributed by atoms with Gasteiger partial charge < -0.3 is 4.90 Å². The third-order valence-corrected chi connectivity index (χ3v) is 5.70. The average molecular weight is 264 g/mol. The van der Waals surface area contributed by atoms with Crippen LogP contribution in [0, 0.1) is 23.7 Å². The van der Waals surface area contributed by atoms with E-state index in [1.165, 1.54) is 25.7 Å². The summed E-state index contributed by atoms with van der Waals surface area (Å²) in [5.41, 5.74) is 0. The summed E-state index contributed by atoms with van der Waals surface area (Å²) in [6, 6.07) is 0.508. The molecule has 1 heterocycles. The number of nitrogens with one attached hydrogen (secondary N) is 1. The van der Waals surface area contributed by atoms with E-state index in [1.807, 2.05) is 0 Å². The van der Waals surface area contributed by atoms with Crippen molar-refractivity contribution in [3.05, 3.63) is 0 Å². The van der Waals surface area contributed by atoms with Gasteiger partial charge in [-0.25, -0.2) is 0 Å². The van der Waals surface area contributed by atoms with E-state index in [0.29, 0.717) is 17.9 Å². The lowest BCUT2D eigenvalue weighted by Gasteiger charge is -2.34. The monoisotopic (exact) mass is 264 g/mol. The van der Waals surface area contributed by atoms with Crippen molar-refractivity contribution < 1.29 is 4.79 Å². The quantitative estimate of drug-likeness (QED) is 0.846. The zero-order valence-corrected chi connectivity index (χ0v) is 12.6. The van der Waals surface area contributed by atoms with Crippen LogP contribution >= 0.6 is 0 Å². The zero-order valence-electron chi connectivity index (χ0n) is 12.6. The second kappa shape index (κ2) is 5.08. The van der Waals surface area contributed by atoms with Crippen LogP contribution in [0.25, 0.3) is 0 Å². The molecule has 2 bridgehead atoms. The van der Waals surface area contributed by atoms with Gasteiger partial charge in [-0.05, 0) is 56.3 Å². The second-order valence-electron chi connectivity index (χ2n) is 7.43. The van der Waals surface area contributed by atoms with Gasteiger partial charge in [0.2, 0.25) is 5.91 Å². The van der Waals surface area contributed by atoms with Crippen LogP contribution < -0.4 is 5.32 Å². The minimum atomic E-state index is 0.0704. The zero-order chi connectivity index (χ0) is 13.6. The molecule has 2 saturated carbocycles. The number of rotatable bonds is 4. The van der Waals surface area contributed by atoms with Gasteiger partial charge in [-0.2, -0.15) is 0 Å². The van der Waals surface area contributed by atoms with E-state index >= 15 is 0 Å².